The third-order valence-corrected chi connectivity index (χ3v) is 7.65. The molecule has 0 bridgehead atoms. The molecule has 2 aromatic carbocycles. The van der Waals surface area contributed by atoms with E-state index in [1.165, 1.54) is 12.1 Å². The van der Waals surface area contributed by atoms with Crippen LogP contribution in [0.4, 0.5) is 0 Å². The second kappa shape index (κ2) is 13.1. The van der Waals surface area contributed by atoms with Crippen molar-refractivity contribution in [3.05, 3.63) is 89.2 Å². The van der Waals surface area contributed by atoms with Gasteiger partial charge in [-0.3, -0.25) is 0 Å². The zero-order valence-corrected chi connectivity index (χ0v) is 23.8. The van der Waals surface area contributed by atoms with Crippen LogP contribution >= 0.6 is 0 Å². The number of aryl methyl sites for hydroxylation is 1. The first kappa shape index (κ1) is 29.2. The Hall–Kier alpha value is -3.27. The summed E-state index contributed by atoms with van der Waals surface area (Å²) in [6.07, 6.45) is 8.02. The average molecular weight is 563 g/mol. The number of aliphatic hydroxyl groups is 1. The zero-order chi connectivity index (χ0) is 28.9. The SMILES string of the molecule is CCC1CC(C2CC(CC(C)O)OC(c3ccc(O)c(O)c3)O2)OC(c2ccc(/C=C/c3cc[n+](C)cc3)cc2)O1. The van der Waals surface area contributed by atoms with Gasteiger partial charge < -0.3 is 34.3 Å². The molecule has 0 saturated carbocycles. The number of benzene rings is 2. The largest absolute Gasteiger partial charge is 0.504 e. The lowest BCUT2D eigenvalue weighted by molar-refractivity contribution is -0.671. The van der Waals surface area contributed by atoms with E-state index >= 15 is 0 Å². The van der Waals surface area contributed by atoms with E-state index in [-0.39, 0.29) is 35.9 Å². The molecule has 1 aromatic heterocycles. The normalized spacial score (nSPS) is 27.6. The third kappa shape index (κ3) is 7.52. The predicted octanol–water partition coefficient (Wildman–Crippen LogP) is 5.32. The fourth-order valence-electron chi connectivity index (χ4n) is 5.33. The fraction of sp³-hybridized carbons (Fsp3) is 0.424. The molecule has 8 heteroatoms. The van der Waals surface area contributed by atoms with Gasteiger partial charge in [0.1, 0.15) is 7.05 Å². The second-order valence-corrected chi connectivity index (χ2v) is 11.0. The molecule has 8 nitrogen and oxygen atoms in total. The summed E-state index contributed by atoms with van der Waals surface area (Å²) in [5, 5.41) is 29.9. The molecule has 5 rings (SSSR count). The quantitative estimate of drug-likeness (QED) is 0.252. The molecule has 7 atom stereocenters. The van der Waals surface area contributed by atoms with E-state index in [0.717, 1.165) is 23.1 Å². The van der Waals surface area contributed by atoms with Crippen molar-refractivity contribution < 1.29 is 38.8 Å². The van der Waals surface area contributed by atoms with Crippen molar-refractivity contribution in [3.8, 4) is 11.5 Å². The number of aromatic hydroxyl groups is 2. The summed E-state index contributed by atoms with van der Waals surface area (Å²) in [5.74, 6) is -0.452. The van der Waals surface area contributed by atoms with Crippen molar-refractivity contribution in [1.29, 1.82) is 0 Å². The van der Waals surface area contributed by atoms with Crippen LogP contribution in [0.3, 0.4) is 0 Å². The number of rotatable bonds is 8. The number of phenolic OH excluding ortho intramolecular Hbond substituents is 2. The van der Waals surface area contributed by atoms with E-state index in [9.17, 15) is 15.3 Å². The van der Waals surface area contributed by atoms with E-state index in [0.29, 0.717) is 24.8 Å². The van der Waals surface area contributed by atoms with E-state index < -0.39 is 18.7 Å². The predicted molar refractivity (Wildman–Crippen MR) is 154 cm³/mol. The van der Waals surface area contributed by atoms with Crippen LogP contribution in [0.15, 0.2) is 67.0 Å². The number of aromatic nitrogens is 1. The van der Waals surface area contributed by atoms with E-state index in [1.54, 1.807) is 13.0 Å². The minimum absolute atomic E-state index is 0.00411. The third-order valence-electron chi connectivity index (χ3n) is 7.65. The highest BCUT2D eigenvalue weighted by Gasteiger charge is 2.41. The molecule has 0 spiro atoms. The van der Waals surface area contributed by atoms with Crippen molar-refractivity contribution in [1.82, 2.24) is 0 Å². The molecule has 0 amide bonds. The van der Waals surface area contributed by atoms with Crippen LogP contribution in [-0.2, 0) is 26.0 Å². The molecule has 0 aliphatic carbocycles. The molecule has 2 aliphatic rings. The highest BCUT2D eigenvalue weighted by Crippen LogP contribution is 2.40. The Balaban J connectivity index is 1.32. The smallest absolute Gasteiger partial charge is 0.184 e. The van der Waals surface area contributed by atoms with Gasteiger partial charge in [-0.1, -0.05) is 49.4 Å². The van der Waals surface area contributed by atoms with Crippen molar-refractivity contribution in [2.75, 3.05) is 0 Å². The maximum Gasteiger partial charge on any atom is 0.184 e. The number of ether oxygens (including phenoxy) is 4. The Kier molecular flexibility index (Phi) is 9.37. The molecule has 218 valence electrons. The van der Waals surface area contributed by atoms with Gasteiger partial charge in [0.05, 0.1) is 30.5 Å². The van der Waals surface area contributed by atoms with E-state index in [4.69, 9.17) is 18.9 Å². The van der Waals surface area contributed by atoms with Gasteiger partial charge in [0.15, 0.2) is 36.5 Å². The molecule has 3 heterocycles. The van der Waals surface area contributed by atoms with Crippen LogP contribution in [0.5, 0.6) is 11.5 Å². The number of phenols is 2. The van der Waals surface area contributed by atoms with Crippen LogP contribution < -0.4 is 4.57 Å². The molecule has 0 radical (unpaired) electrons. The van der Waals surface area contributed by atoms with Gasteiger partial charge in [0.2, 0.25) is 0 Å². The lowest BCUT2D eigenvalue weighted by atomic mass is 9.95. The molecule has 2 saturated heterocycles. The summed E-state index contributed by atoms with van der Waals surface area (Å²) in [6, 6.07) is 16.8. The van der Waals surface area contributed by atoms with Crippen molar-refractivity contribution in [2.24, 2.45) is 7.05 Å². The van der Waals surface area contributed by atoms with Gasteiger partial charge in [-0.15, -0.1) is 0 Å². The number of hydrogen-bond acceptors (Lipinski definition) is 7. The maximum absolute atomic E-state index is 10.1. The first-order chi connectivity index (χ1) is 19.8. The van der Waals surface area contributed by atoms with E-state index in [2.05, 4.69) is 43.3 Å². The molecule has 2 fully saturated rings. The van der Waals surface area contributed by atoms with Gasteiger partial charge in [-0.05, 0) is 43.0 Å². The molecule has 41 heavy (non-hydrogen) atoms. The molecular weight excluding hydrogens is 522 g/mol. The Morgan fingerprint density at radius 3 is 1.95 bits per heavy atom. The van der Waals surface area contributed by atoms with Gasteiger partial charge >= 0.3 is 0 Å². The standard InChI is InChI=1S/C33H39NO7/c1-4-26-19-30(31-20-27(17-21(2)35)39-33(41-31)25-11-12-28(36)29(37)18-25)40-32(38-26)24-9-7-22(8-10-24)5-6-23-13-15-34(3)16-14-23/h5-16,18,21,26-27,30-33,35H,4,17,19-20H2,1-3H3,(H-,36,37)/p+1/b6-5+. The lowest BCUT2D eigenvalue weighted by Crippen LogP contribution is -2.47. The zero-order valence-electron chi connectivity index (χ0n) is 23.8. The van der Waals surface area contributed by atoms with Gasteiger partial charge in [-0.25, -0.2) is 4.57 Å². The maximum atomic E-state index is 10.1. The van der Waals surface area contributed by atoms with Crippen LogP contribution in [-0.4, -0.2) is 45.8 Å². The Morgan fingerprint density at radius 1 is 0.780 bits per heavy atom. The Morgan fingerprint density at radius 2 is 1.34 bits per heavy atom. The first-order valence-electron chi connectivity index (χ1n) is 14.3. The van der Waals surface area contributed by atoms with Crippen molar-refractivity contribution in [2.45, 2.75) is 82.6 Å². The van der Waals surface area contributed by atoms with Crippen molar-refractivity contribution in [3.63, 3.8) is 0 Å². The molecular formula is C33H40NO7+. The highest BCUT2D eigenvalue weighted by atomic mass is 16.7. The van der Waals surface area contributed by atoms with Crippen LogP contribution in [0.25, 0.3) is 12.2 Å². The Labute approximate surface area is 241 Å². The minimum Gasteiger partial charge on any atom is -0.504 e. The molecule has 7 unspecified atom stereocenters. The van der Waals surface area contributed by atoms with Gasteiger partial charge in [-0.2, -0.15) is 0 Å². The summed E-state index contributed by atoms with van der Waals surface area (Å²) in [4.78, 5) is 0. The summed E-state index contributed by atoms with van der Waals surface area (Å²) in [7, 11) is 2.00. The van der Waals surface area contributed by atoms with Gasteiger partial charge in [0, 0.05) is 36.1 Å². The Bertz CT molecular complexity index is 1310. The average Bonchev–Trinajstić information content (AvgIpc) is 2.97. The summed E-state index contributed by atoms with van der Waals surface area (Å²) in [5.41, 5.74) is 3.73. The highest BCUT2D eigenvalue weighted by molar-refractivity contribution is 5.69. The number of aliphatic hydroxyl groups excluding tert-OH is 1. The van der Waals surface area contributed by atoms with Crippen LogP contribution in [0.1, 0.15) is 74.4 Å². The number of nitrogens with zero attached hydrogens (tertiary/aromatic N) is 1. The first-order valence-corrected chi connectivity index (χ1v) is 14.3. The van der Waals surface area contributed by atoms with Gasteiger partial charge in [0.25, 0.3) is 0 Å². The fourth-order valence-corrected chi connectivity index (χ4v) is 5.33. The molecule has 3 aromatic rings. The lowest BCUT2D eigenvalue weighted by Gasteiger charge is -2.44. The minimum atomic E-state index is -0.771. The molecule has 3 N–H and O–H groups in total. The summed E-state index contributed by atoms with van der Waals surface area (Å²) in [6.45, 7) is 3.84. The molecule has 2 aliphatic heterocycles. The van der Waals surface area contributed by atoms with Crippen LogP contribution in [0.2, 0.25) is 0 Å². The van der Waals surface area contributed by atoms with E-state index in [1.807, 2.05) is 36.1 Å². The number of pyridine rings is 1. The monoisotopic (exact) mass is 562 g/mol. The van der Waals surface area contributed by atoms with Crippen molar-refractivity contribution >= 4 is 12.2 Å². The summed E-state index contributed by atoms with van der Waals surface area (Å²) < 4.78 is 27.4. The topological polar surface area (TPSA) is 101 Å². The second-order valence-electron chi connectivity index (χ2n) is 11.0. The van der Waals surface area contributed by atoms with Crippen LogP contribution in [0, 0.1) is 0 Å². The number of hydrogen-bond donors (Lipinski definition) is 3. The summed E-state index contributed by atoms with van der Waals surface area (Å²) >= 11 is 0.